The zero-order chi connectivity index (χ0) is 21.8. The van der Waals surface area contributed by atoms with E-state index in [0.29, 0.717) is 34.1 Å². The Morgan fingerprint density at radius 2 is 1.90 bits per heavy atom. The van der Waals surface area contributed by atoms with Crippen molar-refractivity contribution in [2.45, 2.75) is 33.1 Å². The molecule has 0 aliphatic heterocycles. The Kier molecular flexibility index (Phi) is 6.77. The molecular weight excluding hydrogens is 407 g/mol. The number of methoxy groups -OCH3 is 1. The predicted molar refractivity (Wildman–Crippen MR) is 116 cm³/mol. The highest BCUT2D eigenvalue weighted by Gasteiger charge is 2.23. The van der Waals surface area contributed by atoms with Crippen LogP contribution < -0.4 is 10.1 Å². The van der Waals surface area contributed by atoms with E-state index in [2.05, 4.69) is 12.2 Å². The lowest BCUT2D eigenvalue weighted by Crippen LogP contribution is -2.26. The lowest BCUT2D eigenvalue weighted by molar-refractivity contribution is -0.120. The van der Waals surface area contributed by atoms with E-state index in [1.54, 1.807) is 19.1 Å². The van der Waals surface area contributed by atoms with Crippen molar-refractivity contribution in [2.24, 2.45) is 0 Å². The molecule has 3 rings (SSSR count). The second kappa shape index (κ2) is 9.30. The van der Waals surface area contributed by atoms with E-state index in [0.717, 1.165) is 23.8 Å². The molecule has 0 saturated heterocycles. The molecule has 0 aliphatic carbocycles. The molecule has 2 aromatic carbocycles. The fourth-order valence-corrected chi connectivity index (χ4v) is 3.71. The number of hydrogen-bond acceptors (Lipinski definition) is 3. The molecular formula is C23H24ClFN2O3. The van der Waals surface area contributed by atoms with Gasteiger partial charge in [0.15, 0.2) is 0 Å². The van der Waals surface area contributed by atoms with Crippen molar-refractivity contribution in [1.29, 1.82) is 0 Å². The molecule has 1 N–H and O–H groups in total. The minimum absolute atomic E-state index is 0.117. The van der Waals surface area contributed by atoms with Crippen LogP contribution in [-0.4, -0.2) is 30.0 Å². The molecule has 30 heavy (non-hydrogen) atoms. The summed E-state index contributed by atoms with van der Waals surface area (Å²) < 4.78 is 20.2. The normalized spacial score (nSPS) is 11.0. The molecule has 1 amide bonds. The molecule has 158 valence electrons. The summed E-state index contributed by atoms with van der Waals surface area (Å²) in [5.74, 6) is -0.397. The molecule has 0 bridgehead atoms. The number of rotatable bonds is 7. The molecule has 0 atom stereocenters. The Labute approximate surface area is 179 Å². The summed E-state index contributed by atoms with van der Waals surface area (Å²) in [4.78, 5) is 25.7. The van der Waals surface area contributed by atoms with Crippen molar-refractivity contribution in [1.82, 2.24) is 9.88 Å². The number of aromatic nitrogens is 1. The second-order valence-electron chi connectivity index (χ2n) is 7.10. The Bertz CT molecular complexity index is 1090. The molecule has 0 aliphatic rings. The lowest BCUT2D eigenvalue weighted by Gasteiger charge is -2.09. The molecule has 1 aromatic heterocycles. The first-order chi connectivity index (χ1) is 14.4. The van der Waals surface area contributed by atoms with Crippen LogP contribution in [0.25, 0.3) is 10.9 Å². The van der Waals surface area contributed by atoms with Gasteiger partial charge in [0.2, 0.25) is 5.91 Å². The quantitative estimate of drug-likeness (QED) is 0.542. The maximum Gasteiger partial charge on any atom is 0.262 e. The first-order valence-corrected chi connectivity index (χ1v) is 10.2. The van der Waals surface area contributed by atoms with E-state index in [9.17, 15) is 14.0 Å². The number of halogens is 2. The average molecular weight is 431 g/mol. The van der Waals surface area contributed by atoms with Crippen molar-refractivity contribution < 1.29 is 18.7 Å². The number of benzene rings is 2. The van der Waals surface area contributed by atoms with Gasteiger partial charge in [-0.05, 0) is 55.3 Å². The van der Waals surface area contributed by atoms with Crippen LogP contribution in [0.2, 0.25) is 5.02 Å². The number of ether oxygens (including phenoxy) is 1. The zero-order valence-corrected chi connectivity index (χ0v) is 18.0. The fourth-order valence-electron chi connectivity index (χ4n) is 3.47. The Morgan fingerprint density at radius 3 is 2.53 bits per heavy atom. The maximum atomic E-state index is 13.3. The van der Waals surface area contributed by atoms with Gasteiger partial charge in [-0.1, -0.05) is 24.9 Å². The summed E-state index contributed by atoms with van der Waals surface area (Å²) in [5.41, 5.74) is 2.27. The molecule has 0 unspecified atom stereocenters. The highest BCUT2D eigenvalue weighted by atomic mass is 35.5. The van der Waals surface area contributed by atoms with E-state index in [4.69, 9.17) is 16.3 Å². The number of hydrogen-bond donors (Lipinski definition) is 1. The topological polar surface area (TPSA) is 60.3 Å². The molecule has 0 saturated carbocycles. The predicted octanol–water partition coefficient (Wildman–Crippen LogP) is 4.90. The van der Waals surface area contributed by atoms with Crippen molar-refractivity contribution in [2.75, 3.05) is 13.7 Å². The Hall–Kier alpha value is -2.86. The van der Waals surface area contributed by atoms with Crippen LogP contribution >= 0.6 is 11.6 Å². The molecule has 0 fully saturated rings. The number of carbonyl (C=O) groups excluding carboxylic acids is 2. The average Bonchev–Trinajstić information content (AvgIpc) is 2.98. The standard InChI is InChI=1S/C23H24ClFN2O3/c1-4-5-10-26-22(28)12-17-14(2)27(23(29)15-6-8-16(25)9-7-15)20-13-19(24)21(30-3)11-18(17)20/h6-9,11,13H,4-5,10,12H2,1-3H3,(H,26,28). The van der Waals surface area contributed by atoms with Gasteiger partial charge in [-0.3, -0.25) is 14.2 Å². The minimum atomic E-state index is -0.419. The Balaban J connectivity index is 2.11. The first-order valence-electron chi connectivity index (χ1n) is 9.81. The van der Waals surface area contributed by atoms with Gasteiger partial charge in [-0.2, -0.15) is 0 Å². The van der Waals surface area contributed by atoms with Crippen LogP contribution in [0, 0.1) is 12.7 Å². The molecule has 3 aromatic rings. The SMILES string of the molecule is CCCCNC(=O)Cc1c(C)n(C(=O)c2ccc(F)cc2)c2cc(Cl)c(OC)cc12. The number of nitrogens with zero attached hydrogens (tertiary/aromatic N) is 1. The third-order valence-electron chi connectivity index (χ3n) is 5.09. The maximum absolute atomic E-state index is 13.3. The van der Waals surface area contributed by atoms with Gasteiger partial charge in [0, 0.05) is 23.2 Å². The summed E-state index contributed by atoms with van der Waals surface area (Å²) in [5, 5.41) is 3.98. The van der Waals surface area contributed by atoms with Crippen LogP contribution in [0.5, 0.6) is 5.75 Å². The third kappa shape index (κ3) is 4.33. The van der Waals surface area contributed by atoms with E-state index in [-0.39, 0.29) is 18.2 Å². The van der Waals surface area contributed by atoms with Crippen LogP contribution in [0.1, 0.15) is 41.4 Å². The minimum Gasteiger partial charge on any atom is -0.495 e. The fraction of sp³-hybridized carbons (Fsp3) is 0.304. The van der Waals surface area contributed by atoms with Crippen molar-refractivity contribution in [3.05, 3.63) is 64.1 Å². The molecule has 7 heteroatoms. The first kappa shape index (κ1) is 21.8. The number of fused-ring (bicyclic) bond motifs is 1. The van der Waals surface area contributed by atoms with Gasteiger partial charge in [-0.25, -0.2) is 4.39 Å². The number of unbranched alkanes of at least 4 members (excludes halogenated alkanes) is 1. The molecule has 1 heterocycles. The van der Waals surface area contributed by atoms with Crippen LogP contribution in [0.15, 0.2) is 36.4 Å². The second-order valence-corrected chi connectivity index (χ2v) is 7.50. The number of nitrogens with one attached hydrogen (secondary N) is 1. The highest BCUT2D eigenvalue weighted by molar-refractivity contribution is 6.33. The van der Waals surface area contributed by atoms with Crippen LogP contribution in [0.4, 0.5) is 4.39 Å². The largest absolute Gasteiger partial charge is 0.495 e. The summed E-state index contributed by atoms with van der Waals surface area (Å²) >= 11 is 6.32. The van der Waals surface area contributed by atoms with E-state index >= 15 is 0 Å². The lowest BCUT2D eigenvalue weighted by atomic mass is 10.1. The molecule has 5 nitrogen and oxygen atoms in total. The van der Waals surface area contributed by atoms with E-state index in [1.165, 1.54) is 35.9 Å². The van der Waals surface area contributed by atoms with Gasteiger partial charge in [0.25, 0.3) is 5.91 Å². The summed E-state index contributed by atoms with van der Waals surface area (Å²) in [6, 6.07) is 8.76. The van der Waals surface area contributed by atoms with Gasteiger partial charge < -0.3 is 10.1 Å². The van der Waals surface area contributed by atoms with Crippen LogP contribution in [0.3, 0.4) is 0 Å². The van der Waals surface area contributed by atoms with E-state index < -0.39 is 5.82 Å². The third-order valence-corrected chi connectivity index (χ3v) is 5.39. The summed E-state index contributed by atoms with van der Waals surface area (Å²) in [6.45, 7) is 4.45. The van der Waals surface area contributed by atoms with Crippen LogP contribution in [-0.2, 0) is 11.2 Å². The summed E-state index contributed by atoms with van der Waals surface area (Å²) in [6.07, 6.45) is 2.01. The smallest absolute Gasteiger partial charge is 0.262 e. The van der Waals surface area contributed by atoms with Crippen molar-refractivity contribution >= 4 is 34.3 Å². The summed E-state index contributed by atoms with van der Waals surface area (Å²) in [7, 11) is 1.51. The monoisotopic (exact) mass is 430 g/mol. The van der Waals surface area contributed by atoms with E-state index in [1.807, 2.05) is 0 Å². The Morgan fingerprint density at radius 1 is 1.20 bits per heavy atom. The zero-order valence-electron chi connectivity index (χ0n) is 17.2. The van der Waals surface area contributed by atoms with Crippen molar-refractivity contribution in [3.63, 3.8) is 0 Å². The van der Waals surface area contributed by atoms with Gasteiger partial charge in [0.1, 0.15) is 11.6 Å². The number of amides is 1. The highest BCUT2D eigenvalue weighted by Crippen LogP contribution is 2.35. The molecule has 0 spiro atoms. The van der Waals surface area contributed by atoms with Gasteiger partial charge in [0.05, 0.1) is 24.1 Å². The van der Waals surface area contributed by atoms with Crippen molar-refractivity contribution in [3.8, 4) is 5.75 Å². The van der Waals surface area contributed by atoms with Gasteiger partial charge >= 0.3 is 0 Å². The molecule has 0 radical (unpaired) electrons. The number of carbonyl (C=O) groups is 2. The van der Waals surface area contributed by atoms with Gasteiger partial charge in [-0.15, -0.1) is 0 Å².